The zero-order valence-corrected chi connectivity index (χ0v) is 17.2. The lowest BCUT2D eigenvalue weighted by atomic mass is 10.0. The Hall–Kier alpha value is -4.13. The predicted molar refractivity (Wildman–Crippen MR) is 119 cm³/mol. The molecule has 0 aliphatic rings. The summed E-state index contributed by atoms with van der Waals surface area (Å²) in [5, 5.41) is 3.00. The highest BCUT2D eigenvalue weighted by Gasteiger charge is 2.18. The van der Waals surface area contributed by atoms with Crippen LogP contribution < -0.4 is 10.9 Å². The van der Waals surface area contributed by atoms with Crippen LogP contribution in [0.2, 0.25) is 0 Å². The Morgan fingerprint density at radius 2 is 1.72 bits per heavy atom. The van der Waals surface area contributed by atoms with E-state index < -0.39 is 6.04 Å². The van der Waals surface area contributed by atoms with E-state index in [1.807, 2.05) is 30.3 Å². The molecule has 0 fully saturated rings. The monoisotopic (exact) mass is 428 g/mol. The molecule has 0 spiro atoms. The number of hydrogen-bond acceptors (Lipinski definition) is 4. The number of carbonyl (C=O) groups is 1. The van der Waals surface area contributed by atoms with E-state index in [4.69, 9.17) is 0 Å². The molecule has 0 unspecified atom stereocenters. The average Bonchev–Trinajstić information content (AvgIpc) is 2.80. The summed E-state index contributed by atoms with van der Waals surface area (Å²) < 4.78 is 13.5. The van der Waals surface area contributed by atoms with Gasteiger partial charge in [0.25, 0.3) is 5.56 Å². The summed E-state index contributed by atoms with van der Waals surface area (Å²) in [6, 6.07) is 19.8. The predicted octanol–water partition coefficient (Wildman–Crippen LogP) is 3.61. The van der Waals surface area contributed by atoms with Gasteiger partial charge in [0.15, 0.2) is 0 Å². The van der Waals surface area contributed by atoms with Crippen molar-refractivity contribution in [2.75, 3.05) is 0 Å². The van der Waals surface area contributed by atoms with Gasteiger partial charge in [-0.25, -0.2) is 9.37 Å². The van der Waals surface area contributed by atoms with E-state index in [0.29, 0.717) is 11.5 Å². The van der Waals surface area contributed by atoms with Crippen molar-refractivity contribution >= 4 is 5.91 Å². The van der Waals surface area contributed by atoms with Crippen LogP contribution in [0.1, 0.15) is 22.9 Å². The minimum Gasteiger partial charge on any atom is -0.349 e. The molecule has 1 atom stereocenters. The van der Waals surface area contributed by atoms with Crippen molar-refractivity contribution in [2.24, 2.45) is 0 Å². The molecule has 0 saturated heterocycles. The molecule has 32 heavy (non-hydrogen) atoms. The number of hydrogen-bond donors (Lipinski definition) is 2. The van der Waals surface area contributed by atoms with Gasteiger partial charge in [-0.05, 0) is 35.4 Å². The Morgan fingerprint density at radius 3 is 2.44 bits per heavy atom. The third-order valence-corrected chi connectivity index (χ3v) is 4.98. The van der Waals surface area contributed by atoms with Crippen LogP contribution in [0.4, 0.5) is 4.39 Å². The van der Waals surface area contributed by atoms with Gasteiger partial charge in [-0.2, -0.15) is 0 Å². The number of H-pyrrole nitrogens is 1. The quantitative estimate of drug-likeness (QED) is 0.471. The third kappa shape index (κ3) is 5.51. The van der Waals surface area contributed by atoms with Crippen LogP contribution >= 0.6 is 0 Å². The summed E-state index contributed by atoms with van der Waals surface area (Å²) in [5.41, 5.74) is 2.55. The van der Waals surface area contributed by atoms with Gasteiger partial charge in [-0.1, -0.05) is 42.5 Å². The highest BCUT2D eigenvalue weighted by Crippen LogP contribution is 2.20. The lowest BCUT2D eigenvalue weighted by Crippen LogP contribution is -2.31. The number of benzene rings is 2. The number of halogens is 1. The van der Waals surface area contributed by atoms with Crippen LogP contribution in [0, 0.1) is 5.82 Å². The third-order valence-electron chi connectivity index (χ3n) is 4.98. The Labute approximate surface area is 184 Å². The van der Waals surface area contributed by atoms with Crippen molar-refractivity contribution in [3.8, 4) is 11.4 Å². The van der Waals surface area contributed by atoms with Crippen LogP contribution in [-0.2, 0) is 17.6 Å². The Bertz CT molecular complexity index is 1240. The molecule has 0 aliphatic carbocycles. The average molecular weight is 428 g/mol. The first-order chi connectivity index (χ1) is 15.6. The minimum absolute atomic E-state index is 0.176. The minimum atomic E-state index is -0.480. The summed E-state index contributed by atoms with van der Waals surface area (Å²) in [4.78, 5) is 36.3. The van der Waals surface area contributed by atoms with Gasteiger partial charge in [0.2, 0.25) is 5.91 Å². The van der Waals surface area contributed by atoms with E-state index in [0.717, 1.165) is 16.7 Å². The maximum absolute atomic E-state index is 13.5. The molecule has 6 nitrogen and oxygen atoms in total. The number of pyridine rings is 1. The molecule has 0 saturated carbocycles. The lowest BCUT2D eigenvalue weighted by molar-refractivity contribution is -0.121. The Balaban J connectivity index is 1.60. The summed E-state index contributed by atoms with van der Waals surface area (Å²) in [7, 11) is 0. The number of rotatable bonds is 7. The van der Waals surface area contributed by atoms with Crippen molar-refractivity contribution in [1.82, 2.24) is 20.3 Å². The first-order valence-electron chi connectivity index (χ1n) is 10.2. The van der Waals surface area contributed by atoms with Crippen molar-refractivity contribution in [1.29, 1.82) is 0 Å². The van der Waals surface area contributed by atoms with Crippen molar-refractivity contribution in [3.05, 3.63) is 118 Å². The van der Waals surface area contributed by atoms with Gasteiger partial charge in [0.05, 0.1) is 18.2 Å². The standard InChI is InChI=1S/C25H21FN4O2/c26-20-8-6-18(7-9-20)22(29-23(31)14-17-4-2-1-3-5-17)15-21-16-24(32)30-25(28-21)19-10-12-27-13-11-19/h1-13,16,22H,14-15H2,(H,29,31)(H,28,30,32)/t22-/m0/s1. The molecule has 0 aliphatic heterocycles. The summed E-state index contributed by atoms with van der Waals surface area (Å²) in [6.45, 7) is 0. The molecule has 2 aromatic heterocycles. The fourth-order valence-corrected chi connectivity index (χ4v) is 3.44. The van der Waals surface area contributed by atoms with Crippen LogP contribution in [0.3, 0.4) is 0 Å². The van der Waals surface area contributed by atoms with Gasteiger partial charge in [-0.15, -0.1) is 0 Å². The second-order valence-corrected chi connectivity index (χ2v) is 7.36. The zero-order valence-electron chi connectivity index (χ0n) is 17.2. The normalized spacial score (nSPS) is 11.7. The summed E-state index contributed by atoms with van der Waals surface area (Å²) in [5.74, 6) is -0.120. The van der Waals surface area contributed by atoms with Gasteiger partial charge in [0, 0.05) is 30.4 Å². The Morgan fingerprint density at radius 1 is 1.00 bits per heavy atom. The summed E-state index contributed by atoms with van der Waals surface area (Å²) >= 11 is 0. The van der Waals surface area contributed by atoms with Crippen LogP contribution in [0.25, 0.3) is 11.4 Å². The SMILES string of the molecule is O=C(Cc1ccccc1)N[C@@H](Cc1cc(=O)[nH]c(-c2ccncc2)n1)c1ccc(F)cc1. The molecule has 160 valence electrons. The van der Waals surface area contributed by atoms with E-state index in [-0.39, 0.29) is 30.1 Å². The first-order valence-corrected chi connectivity index (χ1v) is 10.2. The second kappa shape index (κ2) is 9.78. The smallest absolute Gasteiger partial charge is 0.251 e. The summed E-state index contributed by atoms with van der Waals surface area (Å²) in [6.07, 6.45) is 3.72. The zero-order chi connectivity index (χ0) is 22.3. The number of nitrogens with one attached hydrogen (secondary N) is 2. The van der Waals surface area contributed by atoms with Crippen molar-refractivity contribution in [2.45, 2.75) is 18.9 Å². The largest absolute Gasteiger partial charge is 0.349 e. The second-order valence-electron chi connectivity index (χ2n) is 7.36. The van der Waals surface area contributed by atoms with Crippen LogP contribution in [0.15, 0.2) is 90.0 Å². The molecular formula is C25H21FN4O2. The van der Waals surface area contributed by atoms with Gasteiger partial charge >= 0.3 is 0 Å². The number of aromatic amines is 1. The topological polar surface area (TPSA) is 87.7 Å². The molecule has 0 bridgehead atoms. The maximum atomic E-state index is 13.5. The number of aromatic nitrogens is 3. The van der Waals surface area contributed by atoms with Crippen LogP contribution in [0.5, 0.6) is 0 Å². The van der Waals surface area contributed by atoms with Crippen molar-refractivity contribution in [3.63, 3.8) is 0 Å². The highest BCUT2D eigenvalue weighted by atomic mass is 19.1. The fraction of sp³-hybridized carbons (Fsp3) is 0.120. The van der Waals surface area contributed by atoms with Gasteiger partial charge in [-0.3, -0.25) is 14.6 Å². The number of nitrogens with zero attached hydrogens (tertiary/aromatic N) is 2. The molecule has 2 heterocycles. The molecule has 4 rings (SSSR count). The number of carbonyl (C=O) groups excluding carboxylic acids is 1. The highest BCUT2D eigenvalue weighted by molar-refractivity contribution is 5.79. The van der Waals surface area contributed by atoms with E-state index in [1.54, 1.807) is 36.7 Å². The molecule has 2 N–H and O–H groups in total. The molecular weight excluding hydrogens is 407 g/mol. The molecule has 7 heteroatoms. The Kier molecular flexibility index (Phi) is 6.46. The number of amides is 1. The molecule has 1 amide bonds. The maximum Gasteiger partial charge on any atom is 0.251 e. The molecule has 2 aromatic carbocycles. The molecule has 4 aromatic rings. The van der Waals surface area contributed by atoms with E-state index in [9.17, 15) is 14.0 Å². The van der Waals surface area contributed by atoms with Crippen LogP contribution in [-0.4, -0.2) is 20.9 Å². The molecule has 0 radical (unpaired) electrons. The van der Waals surface area contributed by atoms with Crippen molar-refractivity contribution < 1.29 is 9.18 Å². The fourth-order valence-electron chi connectivity index (χ4n) is 3.44. The van der Waals surface area contributed by atoms with E-state index in [1.165, 1.54) is 18.2 Å². The van der Waals surface area contributed by atoms with Gasteiger partial charge < -0.3 is 10.3 Å². The van der Waals surface area contributed by atoms with Gasteiger partial charge in [0.1, 0.15) is 11.6 Å². The van der Waals surface area contributed by atoms with E-state index >= 15 is 0 Å². The first kappa shape index (κ1) is 21.1. The van der Waals surface area contributed by atoms with E-state index in [2.05, 4.69) is 20.3 Å². The lowest BCUT2D eigenvalue weighted by Gasteiger charge is -2.19.